The van der Waals surface area contributed by atoms with Gasteiger partial charge in [0.1, 0.15) is 11.8 Å². The van der Waals surface area contributed by atoms with E-state index in [-0.39, 0.29) is 18.1 Å². The number of benzene rings is 1. The van der Waals surface area contributed by atoms with Gasteiger partial charge in [-0.1, -0.05) is 11.6 Å². The van der Waals surface area contributed by atoms with Crippen LogP contribution in [0.15, 0.2) is 30.3 Å². The van der Waals surface area contributed by atoms with Crippen molar-refractivity contribution in [2.24, 2.45) is 0 Å². The van der Waals surface area contributed by atoms with Crippen LogP contribution in [0.25, 0.3) is 0 Å². The topological polar surface area (TPSA) is 106 Å². The maximum Gasteiger partial charge on any atom is 0.272 e. The highest BCUT2D eigenvalue weighted by Crippen LogP contribution is 2.27. The number of carbonyl (C=O) groups is 1. The van der Waals surface area contributed by atoms with Gasteiger partial charge >= 0.3 is 0 Å². The third-order valence-corrected chi connectivity index (χ3v) is 8.03. The normalized spacial score (nSPS) is 23.3. The average molecular weight is 524 g/mol. The molecule has 1 aromatic carbocycles. The lowest BCUT2D eigenvalue weighted by Crippen LogP contribution is -2.53. The van der Waals surface area contributed by atoms with Crippen LogP contribution in [0.4, 0.5) is 5.82 Å². The third-order valence-electron chi connectivity index (χ3n) is 7.72. The number of piperazine rings is 1. The summed E-state index contributed by atoms with van der Waals surface area (Å²) in [6.45, 7) is 6.18. The maximum absolute atomic E-state index is 12.8. The standard InChI is InChI=1S/C27H34ClN7O2/c28-24-17-23(4-1-19(24)18-29)37-22-5-2-20(3-6-22)31-27(36)25-7-8-26(33-32-25)35-15-13-34(14-16-35)21-9-11-30-12-10-21/h1,4,7-8,17,20-22,30H,2-3,5-6,9-16H2,(H,31,36)/t20-,22-. The zero-order valence-corrected chi connectivity index (χ0v) is 21.8. The van der Waals surface area contributed by atoms with Gasteiger partial charge in [-0.25, -0.2) is 0 Å². The monoisotopic (exact) mass is 523 g/mol. The molecule has 0 bridgehead atoms. The molecule has 37 heavy (non-hydrogen) atoms. The molecule has 2 N–H and O–H groups in total. The Morgan fingerprint density at radius 2 is 1.78 bits per heavy atom. The molecule has 1 amide bonds. The van der Waals surface area contributed by atoms with E-state index in [1.165, 1.54) is 12.8 Å². The number of nitrogens with one attached hydrogen (secondary N) is 2. The fourth-order valence-corrected chi connectivity index (χ4v) is 5.75. The van der Waals surface area contributed by atoms with Crippen molar-refractivity contribution in [1.29, 1.82) is 5.26 Å². The summed E-state index contributed by atoms with van der Waals surface area (Å²) in [6.07, 6.45) is 5.83. The molecule has 1 saturated carbocycles. The highest BCUT2D eigenvalue weighted by Gasteiger charge is 2.27. The molecule has 0 radical (unpaired) electrons. The van der Waals surface area contributed by atoms with E-state index in [9.17, 15) is 4.79 Å². The Labute approximate surface area is 223 Å². The quantitative estimate of drug-likeness (QED) is 0.595. The van der Waals surface area contributed by atoms with Gasteiger partial charge in [-0.3, -0.25) is 9.69 Å². The summed E-state index contributed by atoms with van der Waals surface area (Å²) in [6, 6.07) is 11.6. The number of nitrogens with zero attached hydrogens (tertiary/aromatic N) is 5. The second-order valence-electron chi connectivity index (χ2n) is 10.1. The molecule has 10 heteroatoms. The number of carbonyl (C=O) groups excluding carboxylic acids is 1. The van der Waals surface area contributed by atoms with Crippen LogP contribution in [-0.4, -0.2) is 78.5 Å². The van der Waals surface area contributed by atoms with Crippen molar-refractivity contribution in [2.45, 2.75) is 56.7 Å². The maximum atomic E-state index is 12.8. The molecule has 2 saturated heterocycles. The molecule has 3 fully saturated rings. The molecule has 9 nitrogen and oxygen atoms in total. The summed E-state index contributed by atoms with van der Waals surface area (Å²) < 4.78 is 6.05. The van der Waals surface area contributed by atoms with Gasteiger partial charge in [-0.15, -0.1) is 10.2 Å². The molecular weight excluding hydrogens is 490 g/mol. The van der Waals surface area contributed by atoms with Gasteiger partial charge in [-0.05, 0) is 75.9 Å². The molecule has 2 aromatic rings. The number of hydrogen-bond acceptors (Lipinski definition) is 8. The highest BCUT2D eigenvalue weighted by atomic mass is 35.5. The Hall–Kier alpha value is -2.93. The van der Waals surface area contributed by atoms with Crippen LogP contribution in [0.1, 0.15) is 54.6 Å². The number of anilines is 1. The van der Waals surface area contributed by atoms with E-state index in [1.807, 2.05) is 6.07 Å². The summed E-state index contributed by atoms with van der Waals surface area (Å²) in [5, 5.41) is 24.6. The summed E-state index contributed by atoms with van der Waals surface area (Å²) >= 11 is 6.11. The van der Waals surface area contributed by atoms with E-state index >= 15 is 0 Å². The Morgan fingerprint density at radius 1 is 1.03 bits per heavy atom. The van der Waals surface area contributed by atoms with Crippen LogP contribution in [-0.2, 0) is 0 Å². The van der Waals surface area contributed by atoms with E-state index in [0.717, 1.165) is 70.8 Å². The first-order valence-electron chi connectivity index (χ1n) is 13.3. The number of nitriles is 1. The van der Waals surface area contributed by atoms with Crippen molar-refractivity contribution in [3.05, 3.63) is 46.6 Å². The Kier molecular flexibility index (Phi) is 8.39. The molecule has 5 rings (SSSR count). The van der Waals surface area contributed by atoms with Crippen molar-refractivity contribution in [2.75, 3.05) is 44.2 Å². The van der Waals surface area contributed by atoms with E-state index in [1.54, 1.807) is 24.3 Å². The smallest absolute Gasteiger partial charge is 0.272 e. The lowest BCUT2D eigenvalue weighted by molar-refractivity contribution is 0.0888. The number of hydrogen-bond donors (Lipinski definition) is 2. The fraction of sp³-hybridized carbons (Fsp3) is 0.556. The molecule has 3 aliphatic rings. The van der Waals surface area contributed by atoms with Crippen LogP contribution in [0.5, 0.6) is 5.75 Å². The van der Waals surface area contributed by atoms with Gasteiger partial charge in [0, 0.05) is 44.3 Å². The SMILES string of the molecule is N#Cc1ccc(O[C@H]2CC[C@H](NC(=O)c3ccc(N4CCN(C5CCNCC5)CC4)nn3)CC2)cc1Cl. The van der Waals surface area contributed by atoms with Crippen molar-refractivity contribution in [3.63, 3.8) is 0 Å². The third kappa shape index (κ3) is 6.50. The number of halogens is 1. The van der Waals surface area contributed by atoms with E-state index in [0.29, 0.717) is 28.1 Å². The lowest BCUT2D eigenvalue weighted by Gasteiger charge is -2.41. The second-order valence-corrected chi connectivity index (χ2v) is 10.5. The summed E-state index contributed by atoms with van der Waals surface area (Å²) in [5.41, 5.74) is 0.787. The van der Waals surface area contributed by atoms with Crippen LogP contribution >= 0.6 is 11.6 Å². The van der Waals surface area contributed by atoms with E-state index in [2.05, 4.69) is 36.7 Å². The Bertz CT molecular complexity index is 1100. The molecule has 0 atom stereocenters. The highest BCUT2D eigenvalue weighted by molar-refractivity contribution is 6.31. The van der Waals surface area contributed by atoms with Crippen LogP contribution in [0, 0.1) is 11.3 Å². The number of rotatable bonds is 6. The number of ether oxygens (including phenoxy) is 1. The van der Waals surface area contributed by atoms with Crippen molar-refractivity contribution < 1.29 is 9.53 Å². The van der Waals surface area contributed by atoms with Gasteiger partial charge in [0.05, 0.1) is 16.7 Å². The first-order chi connectivity index (χ1) is 18.1. The van der Waals surface area contributed by atoms with Gasteiger partial charge in [0.25, 0.3) is 5.91 Å². The fourth-order valence-electron chi connectivity index (χ4n) is 5.54. The van der Waals surface area contributed by atoms with Gasteiger partial charge in [0.15, 0.2) is 11.5 Å². The zero-order chi connectivity index (χ0) is 25.6. The summed E-state index contributed by atoms with van der Waals surface area (Å²) in [5.74, 6) is 1.32. The number of aromatic nitrogens is 2. The van der Waals surface area contributed by atoms with Crippen molar-refractivity contribution in [3.8, 4) is 11.8 Å². The number of amides is 1. The van der Waals surface area contributed by atoms with Gasteiger partial charge < -0.3 is 20.3 Å². The predicted molar refractivity (Wildman–Crippen MR) is 142 cm³/mol. The van der Waals surface area contributed by atoms with Gasteiger partial charge in [0.2, 0.25) is 0 Å². The zero-order valence-electron chi connectivity index (χ0n) is 21.0. The summed E-state index contributed by atoms with van der Waals surface area (Å²) in [7, 11) is 0. The van der Waals surface area contributed by atoms with Crippen molar-refractivity contribution >= 4 is 23.3 Å². The van der Waals surface area contributed by atoms with E-state index < -0.39 is 0 Å². The van der Waals surface area contributed by atoms with Gasteiger partial charge in [-0.2, -0.15) is 5.26 Å². The first-order valence-corrected chi connectivity index (χ1v) is 13.7. The van der Waals surface area contributed by atoms with Crippen LogP contribution in [0.2, 0.25) is 5.02 Å². The molecular formula is C27H34ClN7O2. The van der Waals surface area contributed by atoms with Crippen LogP contribution in [0.3, 0.4) is 0 Å². The number of piperidine rings is 1. The molecule has 0 spiro atoms. The molecule has 1 aliphatic carbocycles. The summed E-state index contributed by atoms with van der Waals surface area (Å²) in [4.78, 5) is 17.6. The first kappa shape index (κ1) is 25.7. The Balaban J connectivity index is 1.06. The van der Waals surface area contributed by atoms with Crippen molar-refractivity contribution in [1.82, 2.24) is 25.7 Å². The molecule has 196 valence electrons. The molecule has 3 heterocycles. The average Bonchev–Trinajstić information content (AvgIpc) is 2.95. The minimum atomic E-state index is -0.182. The largest absolute Gasteiger partial charge is 0.490 e. The minimum Gasteiger partial charge on any atom is -0.490 e. The second kappa shape index (κ2) is 12.1. The predicted octanol–water partition coefficient (Wildman–Crippen LogP) is 3.00. The van der Waals surface area contributed by atoms with Crippen LogP contribution < -0.4 is 20.3 Å². The van der Waals surface area contributed by atoms with E-state index in [4.69, 9.17) is 21.6 Å². The molecule has 1 aromatic heterocycles. The Morgan fingerprint density at radius 3 is 2.43 bits per heavy atom. The molecule has 2 aliphatic heterocycles. The lowest BCUT2D eigenvalue weighted by atomic mass is 9.93. The minimum absolute atomic E-state index is 0.0616. The molecule has 0 unspecified atom stereocenters.